The van der Waals surface area contributed by atoms with Gasteiger partial charge in [0.15, 0.2) is 0 Å². The summed E-state index contributed by atoms with van der Waals surface area (Å²) in [5.41, 5.74) is 1.28. The van der Waals surface area contributed by atoms with Gasteiger partial charge in [0.05, 0.1) is 6.20 Å². The molecular formula is C12H19FN2. The van der Waals surface area contributed by atoms with Gasteiger partial charge >= 0.3 is 0 Å². The molecule has 0 aliphatic heterocycles. The molecule has 1 aromatic heterocycles. The standard InChI is InChI=1S/C12H19FN2/c1-11(2,3)9-7-14-15(5)10(9)8-6-12(8,4)13/h7-8H,6H2,1-5H3/t8-,12?/m1/s1. The molecule has 0 radical (unpaired) electrons. The Morgan fingerprint density at radius 2 is 2.07 bits per heavy atom. The van der Waals surface area contributed by atoms with Crippen LogP contribution in [0.5, 0.6) is 0 Å². The van der Waals surface area contributed by atoms with Crippen LogP contribution in [-0.2, 0) is 12.5 Å². The smallest absolute Gasteiger partial charge is 0.117 e. The average Bonchev–Trinajstić information content (AvgIpc) is 2.52. The predicted molar refractivity (Wildman–Crippen MR) is 58.8 cm³/mol. The van der Waals surface area contributed by atoms with E-state index < -0.39 is 5.67 Å². The maximum atomic E-state index is 13.7. The lowest BCUT2D eigenvalue weighted by Gasteiger charge is -2.19. The van der Waals surface area contributed by atoms with Crippen LogP contribution in [0.3, 0.4) is 0 Å². The molecule has 3 heteroatoms. The Labute approximate surface area is 90.5 Å². The first-order valence-corrected chi connectivity index (χ1v) is 5.45. The van der Waals surface area contributed by atoms with Crippen molar-refractivity contribution >= 4 is 0 Å². The fraction of sp³-hybridized carbons (Fsp3) is 0.750. The summed E-state index contributed by atoms with van der Waals surface area (Å²) < 4.78 is 15.6. The van der Waals surface area contributed by atoms with Crippen molar-refractivity contribution in [3.05, 3.63) is 17.5 Å². The van der Waals surface area contributed by atoms with E-state index in [0.29, 0.717) is 6.42 Å². The van der Waals surface area contributed by atoms with Crippen LogP contribution < -0.4 is 0 Å². The summed E-state index contributed by atoms with van der Waals surface area (Å²) in [6, 6.07) is 0. The second-order valence-electron chi connectivity index (χ2n) is 5.85. The molecule has 0 bridgehead atoms. The highest BCUT2D eigenvalue weighted by molar-refractivity contribution is 5.35. The van der Waals surface area contributed by atoms with E-state index in [1.54, 1.807) is 6.92 Å². The molecule has 2 nitrogen and oxygen atoms in total. The lowest BCUT2D eigenvalue weighted by molar-refractivity contribution is 0.324. The molecule has 1 aromatic rings. The highest BCUT2D eigenvalue weighted by Crippen LogP contribution is 2.55. The van der Waals surface area contributed by atoms with Gasteiger partial charge in [0.1, 0.15) is 5.67 Å². The van der Waals surface area contributed by atoms with Crippen LogP contribution in [0.1, 0.15) is 51.3 Å². The van der Waals surface area contributed by atoms with Crippen molar-refractivity contribution in [2.24, 2.45) is 7.05 Å². The van der Waals surface area contributed by atoms with Gasteiger partial charge in [-0.1, -0.05) is 20.8 Å². The summed E-state index contributed by atoms with van der Waals surface area (Å²) in [4.78, 5) is 0. The Balaban J connectivity index is 2.43. The van der Waals surface area contributed by atoms with Gasteiger partial charge in [-0.25, -0.2) is 4.39 Å². The number of rotatable bonds is 1. The van der Waals surface area contributed by atoms with Gasteiger partial charge < -0.3 is 0 Å². The summed E-state index contributed by atoms with van der Waals surface area (Å²) in [5.74, 6) is 0.0409. The number of aromatic nitrogens is 2. The average molecular weight is 210 g/mol. The molecule has 1 heterocycles. The zero-order valence-electron chi connectivity index (χ0n) is 10.1. The van der Waals surface area contributed by atoms with Crippen LogP contribution in [0.15, 0.2) is 6.20 Å². The third-order valence-corrected chi connectivity index (χ3v) is 3.29. The molecule has 1 saturated carbocycles. The Morgan fingerprint density at radius 1 is 1.53 bits per heavy atom. The highest BCUT2D eigenvalue weighted by Gasteiger charge is 2.54. The van der Waals surface area contributed by atoms with Crippen molar-refractivity contribution in [3.8, 4) is 0 Å². The van der Waals surface area contributed by atoms with E-state index in [1.165, 1.54) is 5.56 Å². The minimum atomic E-state index is -1.02. The maximum absolute atomic E-state index is 13.7. The first-order chi connectivity index (χ1) is 6.73. The van der Waals surface area contributed by atoms with E-state index in [4.69, 9.17) is 0 Å². The molecule has 0 aromatic carbocycles. The molecule has 0 saturated heterocycles. The van der Waals surface area contributed by atoms with Gasteiger partial charge in [-0.2, -0.15) is 5.10 Å². The van der Waals surface area contributed by atoms with E-state index in [2.05, 4.69) is 25.9 Å². The summed E-state index contributed by atoms with van der Waals surface area (Å²) in [6.45, 7) is 8.11. The first-order valence-electron chi connectivity index (χ1n) is 5.45. The molecule has 0 spiro atoms. The molecule has 1 fully saturated rings. The van der Waals surface area contributed by atoms with E-state index >= 15 is 0 Å². The largest absolute Gasteiger partial charge is 0.272 e. The van der Waals surface area contributed by atoms with Gasteiger partial charge in [-0.3, -0.25) is 4.68 Å². The molecule has 0 amide bonds. The molecular weight excluding hydrogens is 191 g/mol. The topological polar surface area (TPSA) is 17.8 Å². The maximum Gasteiger partial charge on any atom is 0.117 e. The third-order valence-electron chi connectivity index (χ3n) is 3.29. The molecule has 15 heavy (non-hydrogen) atoms. The lowest BCUT2D eigenvalue weighted by atomic mass is 9.86. The predicted octanol–water partition coefficient (Wildman–Crippen LogP) is 2.93. The fourth-order valence-corrected chi connectivity index (χ4v) is 2.16. The van der Waals surface area contributed by atoms with Crippen molar-refractivity contribution < 1.29 is 4.39 Å². The Kier molecular flexibility index (Phi) is 2.01. The van der Waals surface area contributed by atoms with E-state index in [9.17, 15) is 4.39 Å². The second kappa shape index (κ2) is 2.83. The number of aryl methyl sites for hydroxylation is 1. The van der Waals surface area contributed by atoms with Crippen LogP contribution in [0, 0.1) is 0 Å². The minimum absolute atomic E-state index is 0.0409. The molecule has 1 aliphatic rings. The zero-order valence-corrected chi connectivity index (χ0v) is 10.1. The summed E-state index contributed by atoms with van der Waals surface area (Å²) in [7, 11) is 1.90. The summed E-state index contributed by atoms with van der Waals surface area (Å²) in [5, 5.41) is 4.26. The number of hydrogen-bond acceptors (Lipinski definition) is 1. The van der Waals surface area contributed by atoms with Crippen LogP contribution in [0.4, 0.5) is 4.39 Å². The van der Waals surface area contributed by atoms with Gasteiger partial charge in [-0.15, -0.1) is 0 Å². The molecule has 2 atom stereocenters. The van der Waals surface area contributed by atoms with Crippen LogP contribution in [0.25, 0.3) is 0 Å². The Hall–Kier alpha value is -0.860. The van der Waals surface area contributed by atoms with Crippen molar-refractivity contribution in [2.45, 2.75) is 51.1 Å². The van der Waals surface area contributed by atoms with Crippen molar-refractivity contribution in [1.82, 2.24) is 9.78 Å². The van der Waals surface area contributed by atoms with Gasteiger partial charge in [0, 0.05) is 18.7 Å². The summed E-state index contributed by atoms with van der Waals surface area (Å²) >= 11 is 0. The van der Waals surface area contributed by atoms with Crippen molar-refractivity contribution in [2.75, 3.05) is 0 Å². The molecule has 1 unspecified atom stereocenters. The summed E-state index contributed by atoms with van der Waals surface area (Å²) in [6.07, 6.45) is 2.51. The van der Waals surface area contributed by atoms with E-state index in [1.807, 2.05) is 17.9 Å². The number of hydrogen-bond donors (Lipinski definition) is 0. The van der Waals surface area contributed by atoms with Crippen LogP contribution >= 0.6 is 0 Å². The third kappa shape index (κ3) is 1.68. The number of alkyl halides is 1. The Bertz CT molecular complexity index is 385. The monoisotopic (exact) mass is 210 g/mol. The fourth-order valence-electron chi connectivity index (χ4n) is 2.16. The van der Waals surface area contributed by atoms with Gasteiger partial charge in [0.25, 0.3) is 0 Å². The van der Waals surface area contributed by atoms with Gasteiger partial charge in [-0.05, 0) is 24.3 Å². The second-order valence-corrected chi connectivity index (χ2v) is 5.85. The lowest BCUT2D eigenvalue weighted by Crippen LogP contribution is -2.15. The molecule has 1 aliphatic carbocycles. The normalized spacial score (nSPS) is 30.7. The Morgan fingerprint density at radius 3 is 2.47 bits per heavy atom. The highest BCUT2D eigenvalue weighted by atomic mass is 19.1. The number of halogens is 1. The van der Waals surface area contributed by atoms with Crippen LogP contribution in [0.2, 0.25) is 0 Å². The minimum Gasteiger partial charge on any atom is -0.272 e. The van der Waals surface area contributed by atoms with Crippen molar-refractivity contribution in [1.29, 1.82) is 0 Å². The van der Waals surface area contributed by atoms with Gasteiger partial charge in [0.2, 0.25) is 0 Å². The first kappa shape index (κ1) is 10.7. The number of nitrogens with zero attached hydrogens (tertiary/aromatic N) is 2. The molecule has 2 rings (SSSR count). The van der Waals surface area contributed by atoms with E-state index in [-0.39, 0.29) is 11.3 Å². The molecule has 84 valence electrons. The zero-order chi connectivity index (χ0) is 11.4. The molecule has 0 N–H and O–H groups in total. The van der Waals surface area contributed by atoms with E-state index in [0.717, 1.165) is 5.69 Å². The van der Waals surface area contributed by atoms with Crippen molar-refractivity contribution in [3.63, 3.8) is 0 Å². The quantitative estimate of drug-likeness (QED) is 0.697. The SMILES string of the molecule is Cn1ncc(C(C)(C)C)c1[C@H]1CC1(C)F. The van der Waals surface area contributed by atoms with Crippen LogP contribution in [-0.4, -0.2) is 15.4 Å².